The maximum atomic E-state index is 9.91. The van der Waals surface area contributed by atoms with E-state index in [2.05, 4.69) is 31.1 Å². The molecule has 0 saturated heterocycles. The summed E-state index contributed by atoms with van der Waals surface area (Å²) in [7, 11) is 1.85. The molecule has 0 amide bonds. The number of hydrogen-bond donors (Lipinski definition) is 2. The van der Waals surface area contributed by atoms with Crippen molar-refractivity contribution in [3.05, 3.63) is 35.0 Å². The minimum Gasteiger partial charge on any atom is -0.507 e. The number of phenols is 1. The molecule has 0 fully saturated rings. The fourth-order valence-electron chi connectivity index (χ4n) is 2.17. The van der Waals surface area contributed by atoms with Crippen LogP contribution in [-0.4, -0.2) is 22.1 Å². The number of anilines is 1. The van der Waals surface area contributed by atoms with E-state index in [1.54, 1.807) is 0 Å². The van der Waals surface area contributed by atoms with Crippen molar-refractivity contribution in [3.63, 3.8) is 0 Å². The van der Waals surface area contributed by atoms with Gasteiger partial charge < -0.3 is 10.4 Å². The molecule has 2 N–H and O–H groups in total. The Labute approximate surface area is 126 Å². The van der Waals surface area contributed by atoms with E-state index in [1.807, 2.05) is 39.1 Å². The molecular formula is C17H23N3O. The van der Waals surface area contributed by atoms with E-state index in [1.165, 1.54) is 0 Å². The largest absolute Gasteiger partial charge is 0.507 e. The van der Waals surface area contributed by atoms with E-state index >= 15 is 0 Å². The fraction of sp³-hybridized carbons (Fsp3) is 0.412. The molecule has 0 saturated carbocycles. The van der Waals surface area contributed by atoms with Crippen LogP contribution in [0.1, 0.15) is 37.6 Å². The first-order valence-electron chi connectivity index (χ1n) is 7.10. The lowest BCUT2D eigenvalue weighted by atomic mass is 9.91. The number of phenolic OH excluding ortho intramolecular Hbond substituents is 1. The maximum absolute atomic E-state index is 9.91. The van der Waals surface area contributed by atoms with Gasteiger partial charge in [-0.25, -0.2) is 9.97 Å². The number of aromatic hydroxyl groups is 1. The van der Waals surface area contributed by atoms with Crippen molar-refractivity contribution >= 4 is 5.82 Å². The van der Waals surface area contributed by atoms with Crippen molar-refractivity contribution < 1.29 is 5.11 Å². The monoisotopic (exact) mass is 285 g/mol. The zero-order chi connectivity index (χ0) is 15.8. The van der Waals surface area contributed by atoms with Gasteiger partial charge in [0.05, 0.1) is 5.69 Å². The Hall–Kier alpha value is -2.10. The van der Waals surface area contributed by atoms with Gasteiger partial charge in [0.25, 0.3) is 0 Å². The average molecular weight is 285 g/mol. The van der Waals surface area contributed by atoms with Gasteiger partial charge in [0.15, 0.2) is 5.82 Å². The van der Waals surface area contributed by atoms with Crippen LogP contribution in [0.2, 0.25) is 0 Å². The van der Waals surface area contributed by atoms with Crippen LogP contribution >= 0.6 is 0 Å². The van der Waals surface area contributed by atoms with Crippen LogP contribution in [0.15, 0.2) is 18.2 Å². The molecule has 0 unspecified atom stereocenters. The van der Waals surface area contributed by atoms with Gasteiger partial charge in [0, 0.05) is 24.1 Å². The van der Waals surface area contributed by atoms with Gasteiger partial charge in [-0.05, 0) is 37.1 Å². The van der Waals surface area contributed by atoms with Gasteiger partial charge in [-0.3, -0.25) is 0 Å². The summed E-state index contributed by atoms with van der Waals surface area (Å²) in [6.45, 7) is 10.2. The third kappa shape index (κ3) is 3.15. The minimum absolute atomic E-state index is 0.0513. The highest BCUT2D eigenvalue weighted by Crippen LogP contribution is 2.30. The fourth-order valence-corrected chi connectivity index (χ4v) is 2.17. The summed E-state index contributed by atoms with van der Waals surface area (Å²) < 4.78 is 0. The summed E-state index contributed by atoms with van der Waals surface area (Å²) in [5.74, 6) is 1.81. The van der Waals surface area contributed by atoms with Crippen molar-refractivity contribution in [1.29, 1.82) is 0 Å². The van der Waals surface area contributed by atoms with Gasteiger partial charge >= 0.3 is 0 Å². The number of nitrogens with zero attached hydrogens (tertiary/aromatic N) is 2. The zero-order valence-corrected chi connectivity index (χ0v) is 13.6. The number of hydrogen-bond acceptors (Lipinski definition) is 4. The van der Waals surface area contributed by atoms with Crippen LogP contribution in [0.3, 0.4) is 0 Å². The van der Waals surface area contributed by atoms with Crippen molar-refractivity contribution in [2.24, 2.45) is 0 Å². The quantitative estimate of drug-likeness (QED) is 0.881. The number of rotatable bonds is 2. The molecule has 4 heteroatoms. The Morgan fingerprint density at radius 3 is 2.05 bits per heavy atom. The first-order valence-corrected chi connectivity index (χ1v) is 7.10. The number of benzene rings is 1. The van der Waals surface area contributed by atoms with Gasteiger partial charge in [-0.1, -0.05) is 20.8 Å². The third-order valence-corrected chi connectivity index (χ3v) is 3.50. The van der Waals surface area contributed by atoms with E-state index in [0.717, 1.165) is 28.2 Å². The van der Waals surface area contributed by atoms with Crippen LogP contribution in [0, 0.1) is 13.8 Å². The van der Waals surface area contributed by atoms with Crippen LogP contribution in [0.5, 0.6) is 5.75 Å². The summed E-state index contributed by atoms with van der Waals surface area (Å²) in [4.78, 5) is 9.25. The lowest BCUT2D eigenvalue weighted by molar-refractivity contribution is 0.467. The maximum Gasteiger partial charge on any atom is 0.161 e. The van der Waals surface area contributed by atoms with Gasteiger partial charge in [0.1, 0.15) is 11.6 Å². The number of aryl methyl sites for hydroxylation is 2. The normalized spacial score (nSPS) is 11.5. The summed E-state index contributed by atoms with van der Waals surface area (Å²) in [5.41, 5.74) is 3.52. The van der Waals surface area contributed by atoms with E-state index in [-0.39, 0.29) is 5.41 Å². The Morgan fingerprint density at radius 2 is 1.57 bits per heavy atom. The Morgan fingerprint density at radius 1 is 1.00 bits per heavy atom. The predicted molar refractivity (Wildman–Crippen MR) is 86.9 cm³/mol. The molecule has 1 aromatic heterocycles. The highest BCUT2D eigenvalue weighted by molar-refractivity contribution is 5.62. The molecular weight excluding hydrogens is 262 g/mol. The van der Waals surface area contributed by atoms with E-state index in [0.29, 0.717) is 11.6 Å². The summed E-state index contributed by atoms with van der Waals surface area (Å²) >= 11 is 0. The molecule has 0 bridgehead atoms. The average Bonchev–Trinajstić information content (AvgIpc) is 2.42. The molecule has 0 atom stereocenters. The second-order valence-electron chi connectivity index (χ2n) is 6.42. The molecule has 1 heterocycles. The first-order chi connectivity index (χ1) is 9.72. The Kier molecular flexibility index (Phi) is 3.90. The molecule has 21 heavy (non-hydrogen) atoms. The minimum atomic E-state index is -0.0513. The molecule has 0 aliphatic heterocycles. The van der Waals surface area contributed by atoms with E-state index in [9.17, 15) is 5.11 Å². The van der Waals surface area contributed by atoms with E-state index in [4.69, 9.17) is 4.98 Å². The molecule has 0 spiro atoms. The third-order valence-electron chi connectivity index (χ3n) is 3.50. The second kappa shape index (κ2) is 5.35. The molecule has 0 radical (unpaired) electrons. The Balaban J connectivity index is 2.63. The second-order valence-corrected chi connectivity index (χ2v) is 6.42. The lowest BCUT2D eigenvalue weighted by Gasteiger charge is -2.19. The number of aromatic nitrogens is 2. The van der Waals surface area contributed by atoms with Crippen molar-refractivity contribution in [1.82, 2.24) is 9.97 Å². The summed E-state index contributed by atoms with van der Waals surface area (Å²) in [6, 6.07) is 5.82. The van der Waals surface area contributed by atoms with Gasteiger partial charge in [0.2, 0.25) is 0 Å². The van der Waals surface area contributed by atoms with Crippen molar-refractivity contribution in [3.8, 4) is 17.1 Å². The first kappa shape index (κ1) is 15.3. The van der Waals surface area contributed by atoms with Gasteiger partial charge in [-0.2, -0.15) is 0 Å². The summed E-state index contributed by atoms with van der Waals surface area (Å²) in [5, 5.41) is 13.0. The zero-order valence-electron chi connectivity index (χ0n) is 13.6. The van der Waals surface area contributed by atoms with Crippen LogP contribution in [-0.2, 0) is 5.41 Å². The highest BCUT2D eigenvalue weighted by atomic mass is 16.3. The van der Waals surface area contributed by atoms with Crippen LogP contribution in [0.4, 0.5) is 5.82 Å². The SMILES string of the molecule is CNc1cc(C(C)(C)C)nc(-c2cc(C)c(O)c(C)c2)n1. The van der Waals surface area contributed by atoms with Crippen LogP contribution in [0.25, 0.3) is 11.4 Å². The van der Waals surface area contributed by atoms with Crippen LogP contribution < -0.4 is 5.32 Å². The highest BCUT2D eigenvalue weighted by Gasteiger charge is 2.19. The Bertz CT molecular complexity index is 649. The lowest BCUT2D eigenvalue weighted by Crippen LogP contribution is -2.15. The smallest absolute Gasteiger partial charge is 0.161 e. The molecule has 112 valence electrons. The standard InChI is InChI=1S/C17H23N3O/c1-10-7-12(8-11(2)15(10)21)16-19-13(17(3,4)5)9-14(18-6)20-16/h7-9,21H,1-6H3,(H,18,19,20). The molecule has 4 nitrogen and oxygen atoms in total. The molecule has 2 aromatic rings. The predicted octanol–water partition coefficient (Wildman–Crippen LogP) is 3.81. The number of nitrogens with one attached hydrogen (secondary N) is 1. The van der Waals surface area contributed by atoms with Gasteiger partial charge in [-0.15, -0.1) is 0 Å². The molecule has 2 rings (SSSR count). The molecule has 0 aliphatic carbocycles. The molecule has 1 aromatic carbocycles. The van der Waals surface area contributed by atoms with Crippen molar-refractivity contribution in [2.75, 3.05) is 12.4 Å². The van der Waals surface area contributed by atoms with Crippen molar-refractivity contribution in [2.45, 2.75) is 40.0 Å². The topological polar surface area (TPSA) is 58.0 Å². The summed E-state index contributed by atoms with van der Waals surface area (Å²) in [6.07, 6.45) is 0. The van der Waals surface area contributed by atoms with E-state index < -0.39 is 0 Å². The molecule has 0 aliphatic rings.